The van der Waals surface area contributed by atoms with E-state index in [2.05, 4.69) is 24.1 Å². The Kier molecular flexibility index (Phi) is 4.57. The number of amides is 1. The van der Waals surface area contributed by atoms with Gasteiger partial charge in [0.05, 0.1) is 12.2 Å². The van der Waals surface area contributed by atoms with Crippen molar-refractivity contribution in [1.29, 1.82) is 0 Å². The number of carbonyl (C=O) groups excluding carboxylic acids is 1. The van der Waals surface area contributed by atoms with Crippen molar-refractivity contribution in [1.82, 2.24) is 14.9 Å². The second-order valence-corrected chi connectivity index (χ2v) is 4.61. The van der Waals surface area contributed by atoms with E-state index >= 15 is 0 Å². The number of imidazole rings is 1. The molecule has 6 heteroatoms. The highest BCUT2D eigenvalue weighted by Gasteiger charge is 2.14. The topological polar surface area (TPSA) is 78.7 Å². The maximum atomic E-state index is 11.2. The van der Waals surface area contributed by atoms with Crippen LogP contribution >= 0.6 is 0 Å². The fourth-order valence-corrected chi connectivity index (χ4v) is 2.28. The first-order valence-corrected chi connectivity index (χ1v) is 6.87. The summed E-state index contributed by atoms with van der Waals surface area (Å²) in [5.41, 5.74) is 4.57. The Hall–Kier alpha value is -2.08. The lowest BCUT2D eigenvalue weighted by Crippen LogP contribution is -2.27. The van der Waals surface area contributed by atoms with E-state index in [1.165, 1.54) is 0 Å². The minimum absolute atomic E-state index is 0.0130. The molecule has 2 heterocycles. The van der Waals surface area contributed by atoms with Crippen LogP contribution in [0.15, 0.2) is 18.2 Å². The second kappa shape index (κ2) is 6.38. The van der Waals surface area contributed by atoms with Crippen molar-refractivity contribution in [3.63, 3.8) is 0 Å². The molecule has 108 valence electrons. The van der Waals surface area contributed by atoms with Crippen molar-refractivity contribution in [2.24, 2.45) is 0 Å². The standard InChI is InChI=1S/C14H20N4O2/c1-3-6-11-14(15-9-13(19)17-20)18-10(4-2)7-5-8-12(18)16-11/h5,7-8,15,20H,3-4,6,9H2,1-2H3,(H,17,19). The molecule has 3 N–H and O–H groups in total. The molecule has 0 aliphatic carbocycles. The third-order valence-electron chi connectivity index (χ3n) is 3.19. The summed E-state index contributed by atoms with van der Waals surface area (Å²) >= 11 is 0. The molecule has 0 aromatic carbocycles. The summed E-state index contributed by atoms with van der Waals surface area (Å²) in [6, 6.07) is 5.98. The number of fused-ring (bicyclic) bond motifs is 1. The summed E-state index contributed by atoms with van der Waals surface area (Å²) in [6.45, 7) is 4.19. The molecule has 6 nitrogen and oxygen atoms in total. The summed E-state index contributed by atoms with van der Waals surface area (Å²) in [5, 5.41) is 11.7. The van der Waals surface area contributed by atoms with Crippen molar-refractivity contribution in [2.75, 3.05) is 11.9 Å². The fraction of sp³-hybridized carbons (Fsp3) is 0.429. The van der Waals surface area contributed by atoms with Gasteiger partial charge in [0.1, 0.15) is 11.5 Å². The fourth-order valence-electron chi connectivity index (χ4n) is 2.28. The van der Waals surface area contributed by atoms with E-state index < -0.39 is 5.91 Å². The van der Waals surface area contributed by atoms with Crippen molar-refractivity contribution in [3.8, 4) is 0 Å². The van der Waals surface area contributed by atoms with Gasteiger partial charge < -0.3 is 5.32 Å². The van der Waals surface area contributed by atoms with Gasteiger partial charge in [-0.1, -0.05) is 26.3 Å². The molecule has 0 aliphatic heterocycles. The van der Waals surface area contributed by atoms with Gasteiger partial charge in [-0.3, -0.25) is 14.4 Å². The molecule has 1 amide bonds. The van der Waals surface area contributed by atoms with Crippen molar-refractivity contribution < 1.29 is 10.0 Å². The van der Waals surface area contributed by atoms with Crippen molar-refractivity contribution in [3.05, 3.63) is 29.6 Å². The molecule has 2 rings (SSSR count). The van der Waals surface area contributed by atoms with Gasteiger partial charge in [0, 0.05) is 5.69 Å². The first-order chi connectivity index (χ1) is 9.71. The van der Waals surface area contributed by atoms with Gasteiger partial charge >= 0.3 is 0 Å². The number of nitrogens with zero attached hydrogens (tertiary/aromatic N) is 2. The maximum Gasteiger partial charge on any atom is 0.262 e. The Labute approximate surface area is 117 Å². The van der Waals surface area contributed by atoms with E-state index in [0.29, 0.717) is 0 Å². The van der Waals surface area contributed by atoms with E-state index in [4.69, 9.17) is 5.21 Å². The molecule has 2 aromatic rings. The van der Waals surface area contributed by atoms with Crippen LogP contribution in [0.5, 0.6) is 0 Å². The van der Waals surface area contributed by atoms with E-state index in [1.54, 1.807) is 5.48 Å². The third-order valence-corrected chi connectivity index (χ3v) is 3.19. The number of nitrogens with one attached hydrogen (secondary N) is 2. The number of hydrogen-bond donors (Lipinski definition) is 3. The quantitative estimate of drug-likeness (QED) is 0.555. The van der Waals surface area contributed by atoms with Gasteiger partial charge in [-0.05, 0) is 25.0 Å². The minimum atomic E-state index is -0.476. The van der Waals surface area contributed by atoms with E-state index in [9.17, 15) is 4.79 Å². The Bertz CT molecular complexity index is 606. The lowest BCUT2D eigenvalue weighted by molar-refractivity contribution is -0.127. The van der Waals surface area contributed by atoms with Crippen LogP contribution < -0.4 is 10.8 Å². The normalized spacial score (nSPS) is 10.8. The molecule has 0 saturated carbocycles. The summed E-state index contributed by atoms with van der Waals surface area (Å²) < 4.78 is 2.04. The van der Waals surface area contributed by atoms with E-state index in [0.717, 1.165) is 42.1 Å². The van der Waals surface area contributed by atoms with Crippen LogP contribution in [0.25, 0.3) is 5.65 Å². The molecule has 20 heavy (non-hydrogen) atoms. The zero-order valence-corrected chi connectivity index (χ0v) is 11.8. The molecule has 2 aromatic heterocycles. The summed E-state index contributed by atoms with van der Waals surface area (Å²) in [7, 11) is 0. The van der Waals surface area contributed by atoms with Gasteiger partial charge in [-0.25, -0.2) is 10.5 Å². The number of hydroxylamine groups is 1. The average molecular weight is 276 g/mol. The molecule has 0 atom stereocenters. The first-order valence-electron chi connectivity index (χ1n) is 6.87. The number of anilines is 1. The van der Waals surface area contributed by atoms with Crippen LogP contribution in [0.4, 0.5) is 5.82 Å². The Balaban J connectivity index is 2.46. The summed E-state index contributed by atoms with van der Waals surface area (Å²) in [6.07, 6.45) is 2.69. The molecule has 0 spiro atoms. The highest BCUT2D eigenvalue weighted by molar-refractivity contribution is 5.79. The zero-order valence-electron chi connectivity index (χ0n) is 11.8. The van der Waals surface area contributed by atoms with E-state index in [-0.39, 0.29) is 6.54 Å². The van der Waals surface area contributed by atoms with Gasteiger partial charge in [0.2, 0.25) is 0 Å². The second-order valence-electron chi connectivity index (χ2n) is 4.61. The predicted octanol–water partition coefficient (Wildman–Crippen LogP) is 1.77. The largest absolute Gasteiger partial charge is 0.360 e. The van der Waals surface area contributed by atoms with Gasteiger partial charge in [0.15, 0.2) is 0 Å². The number of pyridine rings is 1. The number of carbonyl (C=O) groups is 1. The molecular formula is C14H20N4O2. The molecule has 0 aliphatic rings. The lowest BCUT2D eigenvalue weighted by Gasteiger charge is -2.10. The SMILES string of the molecule is CCCc1nc2cccc(CC)n2c1NCC(=O)NO. The Morgan fingerprint density at radius 1 is 1.40 bits per heavy atom. The average Bonchev–Trinajstić information content (AvgIpc) is 2.82. The highest BCUT2D eigenvalue weighted by atomic mass is 16.5. The van der Waals surface area contributed by atoms with Gasteiger partial charge in [0.25, 0.3) is 5.91 Å². The van der Waals surface area contributed by atoms with Crippen LogP contribution in [-0.4, -0.2) is 27.0 Å². The van der Waals surface area contributed by atoms with Crippen LogP contribution in [-0.2, 0) is 17.6 Å². The van der Waals surface area contributed by atoms with Gasteiger partial charge in [-0.15, -0.1) is 0 Å². The first kappa shape index (κ1) is 14.3. The summed E-state index contributed by atoms with van der Waals surface area (Å²) in [5.74, 6) is 0.360. The van der Waals surface area contributed by atoms with Gasteiger partial charge in [-0.2, -0.15) is 0 Å². The maximum absolute atomic E-state index is 11.2. The molecule has 0 unspecified atom stereocenters. The number of rotatable bonds is 6. The molecule has 0 bridgehead atoms. The predicted molar refractivity (Wildman–Crippen MR) is 77.0 cm³/mol. The van der Waals surface area contributed by atoms with E-state index in [1.807, 2.05) is 22.6 Å². The van der Waals surface area contributed by atoms with Crippen LogP contribution in [0.1, 0.15) is 31.7 Å². The molecule has 0 fully saturated rings. The van der Waals surface area contributed by atoms with Crippen LogP contribution in [0.3, 0.4) is 0 Å². The molecule has 0 radical (unpaired) electrons. The molecule has 0 saturated heterocycles. The third kappa shape index (κ3) is 2.75. The smallest absolute Gasteiger partial charge is 0.262 e. The minimum Gasteiger partial charge on any atom is -0.360 e. The van der Waals surface area contributed by atoms with Crippen molar-refractivity contribution >= 4 is 17.4 Å². The Morgan fingerprint density at radius 3 is 2.85 bits per heavy atom. The lowest BCUT2D eigenvalue weighted by atomic mass is 10.2. The van der Waals surface area contributed by atoms with Crippen LogP contribution in [0.2, 0.25) is 0 Å². The number of aromatic nitrogens is 2. The van der Waals surface area contributed by atoms with Crippen molar-refractivity contribution in [2.45, 2.75) is 33.1 Å². The Morgan fingerprint density at radius 2 is 2.20 bits per heavy atom. The molecular weight excluding hydrogens is 256 g/mol. The summed E-state index contributed by atoms with van der Waals surface area (Å²) in [4.78, 5) is 15.8. The zero-order chi connectivity index (χ0) is 14.5. The number of hydrogen-bond acceptors (Lipinski definition) is 4. The monoisotopic (exact) mass is 276 g/mol. The van der Waals surface area contributed by atoms with Crippen LogP contribution in [0, 0.1) is 0 Å². The number of aryl methyl sites for hydroxylation is 2. The highest BCUT2D eigenvalue weighted by Crippen LogP contribution is 2.22.